The molecule has 0 unspecified atom stereocenters. The first kappa shape index (κ1) is 22.9. The number of rotatable bonds is 12. The molecule has 6 nitrogen and oxygen atoms in total. The third kappa shape index (κ3) is 6.14. The molecular weight excluding hydrogens is 434 g/mol. The summed E-state index contributed by atoms with van der Waals surface area (Å²) >= 11 is 1.47. The average molecular weight is 464 g/mol. The Bertz CT molecular complexity index is 1150. The number of aryl methyl sites for hydroxylation is 1. The Labute approximate surface area is 198 Å². The minimum absolute atomic E-state index is 0.0173. The van der Waals surface area contributed by atoms with Gasteiger partial charge in [-0.05, 0) is 60.7 Å². The molecule has 4 rings (SSSR count). The monoisotopic (exact) mass is 463 g/mol. The van der Waals surface area contributed by atoms with E-state index in [1.165, 1.54) is 11.3 Å². The summed E-state index contributed by atoms with van der Waals surface area (Å²) < 4.78 is 13.4. The molecule has 0 aliphatic heterocycles. The highest BCUT2D eigenvalue weighted by Gasteiger charge is 2.11. The van der Waals surface area contributed by atoms with Crippen molar-refractivity contribution in [3.8, 4) is 11.5 Å². The Hall–Kier alpha value is -3.32. The smallest absolute Gasteiger partial charge is 0.261 e. The number of hydrogen-bond acceptors (Lipinski definition) is 5. The average Bonchev–Trinajstić information content (AvgIpc) is 3.50. The summed E-state index contributed by atoms with van der Waals surface area (Å²) in [4.78, 5) is 17.6. The number of nitrogens with zero attached hydrogens (tertiary/aromatic N) is 2. The van der Waals surface area contributed by atoms with Crippen LogP contribution in [0.2, 0.25) is 0 Å². The number of para-hydroxylation sites is 2. The number of ether oxygens (including phenoxy) is 2. The Kier molecular flexibility index (Phi) is 7.98. The highest BCUT2D eigenvalue weighted by atomic mass is 32.1. The Morgan fingerprint density at radius 3 is 2.61 bits per heavy atom. The molecule has 1 N–H and O–H groups in total. The largest absolute Gasteiger partial charge is 0.497 e. The molecule has 0 atom stereocenters. The Morgan fingerprint density at radius 2 is 1.82 bits per heavy atom. The highest BCUT2D eigenvalue weighted by molar-refractivity contribution is 7.12. The van der Waals surface area contributed by atoms with E-state index in [0.29, 0.717) is 13.2 Å². The summed E-state index contributed by atoms with van der Waals surface area (Å²) in [7, 11) is 1.66. The van der Waals surface area contributed by atoms with E-state index in [1.54, 1.807) is 7.11 Å². The van der Waals surface area contributed by atoms with Gasteiger partial charge in [-0.2, -0.15) is 0 Å². The standard InChI is InChI=1S/C26H29N3O3S/c1-31-20-12-14-21(15-13-20)32-18-17-29-23-9-5-4-8-22(23)28-25(29)11-3-2-6-16-27-26(30)24-10-7-19-33-24/h4-5,7-10,12-15,19H,2-3,6,11,16-18H2,1H3,(H,27,30). The van der Waals surface area contributed by atoms with E-state index in [-0.39, 0.29) is 5.91 Å². The number of carbonyl (C=O) groups excluding carboxylic acids is 1. The van der Waals surface area contributed by atoms with Crippen LogP contribution in [0.4, 0.5) is 0 Å². The van der Waals surface area contributed by atoms with Gasteiger partial charge in [0.15, 0.2) is 0 Å². The third-order valence-electron chi connectivity index (χ3n) is 5.48. The van der Waals surface area contributed by atoms with Gasteiger partial charge in [0.2, 0.25) is 0 Å². The lowest BCUT2D eigenvalue weighted by molar-refractivity contribution is 0.0957. The summed E-state index contributed by atoms with van der Waals surface area (Å²) in [5.41, 5.74) is 2.15. The van der Waals surface area contributed by atoms with Gasteiger partial charge >= 0.3 is 0 Å². The number of imidazole rings is 1. The second kappa shape index (κ2) is 11.5. The molecule has 1 amide bonds. The summed E-state index contributed by atoms with van der Waals surface area (Å²) in [6, 6.07) is 19.6. The molecule has 7 heteroatoms. The van der Waals surface area contributed by atoms with Crippen molar-refractivity contribution < 1.29 is 14.3 Å². The SMILES string of the molecule is COc1ccc(OCCn2c(CCCCCNC(=O)c3cccs3)nc3ccccc32)cc1. The lowest BCUT2D eigenvalue weighted by atomic mass is 10.2. The number of methoxy groups -OCH3 is 1. The second-order valence-electron chi connectivity index (χ2n) is 7.74. The van der Waals surface area contributed by atoms with E-state index in [1.807, 2.05) is 53.9 Å². The Balaban J connectivity index is 1.27. The summed E-state index contributed by atoms with van der Waals surface area (Å²) in [5.74, 6) is 2.74. The number of amides is 1. The van der Waals surface area contributed by atoms with Gasteiger partial charge in [-0.1, -0.05) is 24.6 Å². The van der Waals surface area contributed by atoms with Crippen molar-refractivity contribution in [1.29, 1.82) is 0 Å². The van der Waals surface area contributed by atoms with Crippen LogP contribution in [0.5, 0.6) is 11.5 Å². The van der Waals surface area contributed by atoms with Crippen molar-refractivity contribution in [3.05, 3.63) is 76.7 Å². The van der Waals surface area contributed by atoms with Crippen molar-refractivity contribution in [2.45, 2.75) is 32.2 Å². The van der Waals surface area contributed by atoms with Crippen LogP contribution in [0.25, 0.3) is 11.0 Å². The quantitative estimate of drug-likeness (QED) is 0.289. The maximum Gasteiger partial charge on any atom is 0.261 e. The van der Waals surface area contributed by atoms with E-state index in [2.05, 4.69) is 22.0 Å². The van der Waals surface area contributed by atoms with Crippen molar-refractivity contribution in [2.24, 2.45) is 0 Å². The van der Waals surface area contributed by atoms with Crippen LogP contribution < -0.4 is 14.8 Å². The summed E-state index contributed by atoms with van der Waals surface area (Å²) in [6.07, 6.45) is 3.92. The lowest BCUT2D eigenvalue weighted by Gasteiger charge is -2.11. The fourth-order valence-electron chi connectivity index (χ4n) is 3.77. The van der Waals surface area contributed by atoms with Crippen LogP contribution in [-0.4, -0.2) is 35.7 Å². The van der Waals surface area contributed by atoms with Gasteiger partial charge in [0.1, 0.15) is 23.9 Å². The van der Waals surface area contributed by atoms with Crippen LogP contribution in [0.15, 0.2) is 66.0 Å². The van der Waals surface area contributed by atoms with E-state index >= 15 is 0 Å². The number of fused-ring (bicyclic) bond motifs is 1. The summed E-state index contributed by atoms with van der Waals surface area (Å²) in [5, 5.41) is 4.91. The van der Waals surface area contributed by atoms with E-state index in [4.69, 9.17) is 14.5 Å². The molecule has 0 aliphatic rings. The van der Waals surface area contributed by atoms with Crippen LogP contribution in [0, 0.1) is 0 Å². The molecule has 2 aromatic carbocycles. The maximum absolute atomic E-state index is 12.0. The number of hydrogen-bond donors (Lipinski definition) is 1. The van der Waals surface area contributed by atoms with Gasteiger partial charge in [0.25, 0.3) is 5.91 Å². The van der Waals surface area contributed by atoms with Gasteiger partial charge in [-0.25, -0.2) is 4.98 Å². The van der Waals surface area contributed by atoms with Crippen LogP contribution in [-0.2, 0) is 13.0 Å². The predicted octanol–water partition coefficient (Wildman–Crippen LogP) is 5.33. The van der Waals surface area contributed by atoms with Crippen molar-refractivity contribution in [2.75, 3.05) is 20.3 Å². The van der Waals surface area contributed by atoms with Crippen molar-refractivity contribution in [3.63, 3.8) is 0 Å². The van der Waals surface area contributed by atoms with Crippen molar-refractivity contribution >= 4 is 28.3 Å². The van der Waals surface area contributed by atoms with Gasteiger partial charge in [0, 0.05) is 13.0 Å². The fraction of sp³-hybridized carbons (Fsp3) is 0.308. The number of benzene rings is 2. The number of thiophene rings is 1. The number of aromatic nitrogens is 2. The first-order valence-electron chi connectivity index (χ1n) is 11.3. The second-order valence-corrected chi connectivity index (χ2v) is 8.68. The van der Waals surface area contributed by atoms with E-state index in [0.717, 1.165) is 65.5 Å². The van der Waals surface area contributed by atoms with Crippen LogP contribution >= 0.6 is 11.3 Å². The zero-order chi connectivity index (χ0) is 22.9. The number of unbranched alkanes of at least 4 members (excludes halogenated alkanes) is 2. The molecule has 0 bridgehead atoms. The first-order valence-corrected chi connectivity index (χ1v) is 12.2. The van der Waals surface area contributed by atoms with Gasteiger partial charge < -0.3 is 19.4 Å². The third-order valence-corrected chi connectivity index (χ3v) is 6.35. The Morgan fingerprint density at radius 1 is 1.00 bits per heavy atom. The molecule has 0 radical (unpaired) electrons. The van der Waals surface area contributed by atoms with Gasteiger partial charge in [0.05, 0.1) is 29.6 Å². The lowest BCUT2D eigenvalue weighted by Crippen LogP contribution is -2.23. The minimum atomic E-state index is 0.0173. The number of carbonyl (C=O) groups is 1. The summed E-state index contributed by atoms with van der Waals surface area (Å²) in [6.45, 7) is 2.00. The van der Waals surface area contributed by atoms with Gasteiger partial charge in [-0.15, -0.1) is 11.3 Å². The molecule has 172 valence electrons. The molecule has 0 aliphatic carbocycles. The predicted molar refractivity (Wildman–Crippen MR) is 132 cm³/mol. The van der Waals surface area contributed by atoms with Crippen LogP contribution in [0.1, 0.15) is 34.8 Å². The molecular formula is C26H29N3O3S. The molecule has 0 saturated carbocycles. The molecule has 2 aromatic heterocycles. The van der Waals surface area contributed by atoms with E-state index < -0.39 is 0 Å². The molecule has 2 heterocycles. The van der Waals surface area contributed by atoms with Gasteiger partial charge in [-0.3, -0.25) is 4.79 Å². The maximum atomic E-state index is 12.0. The molecule has 0 saturated heterocycles. The molecule has 33 heavy (non-hydrogen) atoms. The zero-order valence-electron chi connectivity index (χ0n) is 18.8. The van der Waals surface area contributed by atoms with Crippen molar-refractivity contribution in [1.82, 2.24) is 14.9 Å². The minimum Gasteiger partial charge on any atom is -0.497 e. The topological polar surface area (TPSA) is 65.4 Å². The fourth-order valence-corrected chi connectivity index (χ4v) is 4.41. The van der Waals surface area contributed by atoms with Crippen LogP contribution in [0.3, 0.4) is 0 Å². The normalized spacial score (nSPS) is 10.9. The van der Waals surface area contributed by atoms with E-state index in [9.17, 15) is 4.79 Å². The molecule has 0 fully saturated rings. The molecule has 0 spiro atoms. The highest BCUT2D eigenvalue weighted by Crippen LogP contribution is 2.20. The molecule has 4 aromatic rings. The first-order chi connectivity index (χ1) is 16.2. The zero-order valence-corrected chi connectivity index (χ0v) is 19.6. The number of nitrogens with one attached hydrogen (secondary N) is 1.